The van der Waals surface area contributed by atoms with Crippen LogP contribution in [0.2, 0.25) is 0 Å². The summed E-state index contributed by atoms with van der Waals surface area (Å²) in [6, 6.07) is 3.50. The predicted octanol–water partition coefficient (Wildman–Crippen LogP) is 0.739. The number of nitrogens with zero attached hydrogens (tertiary/aromatic N) is 3. The highest BCUT2D eigenvalue weighted by molar-refractivity contribution is 5.86. The molecule has 0 radical (unpaired) electrons. The third-order valence-electron chi connectivity index (χ3n) is 3.88. The van der Waals surface area contributed by atoms with Crippen molar-refractivity contribution in [3.05, 3.63) is 24.0 Å². The summed E-state index contributed by atoms with van der Waals surface area (Å²) in [4.78, 5) is 27.5. The van der Waals surface area contributed by atoms with Gasteiger partial charge in [0.2, 0.25) is 5.91 Å². The van der Waals surface area contributed by atoms with Gasteiger partial charge in [0, 0.05) is 31.9 Å². The van der Waals surface area contributed by atoms with Crippen molar-refractivity contribution in [3.63, 3.8) is 0 Å². The highest BCUT2D eigenvalue weighted by Crippen LogP contribution is 2.11. The molecular formula is C14H21N3O3. The maximum atomic E-state index is 12.3. The monoisotopic (exact) mass is 279 g/mol. The van der Waals surface area contributed by atoms with Crippen LogP contribution in [0.4, 0.5) is 0 Å². The molecule has 0 aromatic carbocycles. The first-order valence-corrected chi connectivity index (χ1v) is 6.93. The van der Waals surface area contributed by atoms with Gasteiger partial charge in [-0.25, -0.2) is 4.79 Å². The maximum absolute atomic E-state index is 12.3. The Labute approximate surface area is 118 Å². The zero-order valence-electron chi connectivity index (χ0n) is 12.0. The molecule has 1 amide bonds. The molecule has 1 aromatic heterocycles. The van der Waals surface area contributed by atoms with Crippen LogP contribution in [0.1, 0.15) is 24.3 Å². The standard InChI is InChI=1S/C14H21N3O3/c1-3-15-7-8-17(9-11(15)2)13(18)10-16-6-4-5-12(16)14(19)20/h4-6,11H,3,7-10H2,1-2H3,(H,19,20). The molecule has 0 bridgehead atoms. The average Bonchev–Trinajstić information content (AvgIpc) is 2.86. The zero-order chi connectivity index (χ0) is 14.7. The topological polar surface area (TPSA) is 65.8 Å². The minimum absolute atomic E-state index is 0.0219. The molecule has 1 aromatic rings. The fraction of sp³-hybridized carbons (Fsp3) is 0.571. The van der Waals surface area contributed by atoms with Crippen molar-refractivity contribution in [1.82, 2.24) is 14.4 Å². The fourth-order valence-electron chi connectivity index (χ4n) is 2.68. The van der Waals surface area contributed by atoms with E-state index >= 15 is 0 Å². The Morgan fingerprint density at radius 3 is 2.75 bits per heavy atom. The van der Waals surface area contributed by atoms with E-state index in [9.17, 15) is 9.59 Å². The van der Waals surface area contributed by atoms with Gasteiger partial charge in [0.25, 0.3) is 0 Å². The molecule has 2 heterocycles. The predicted molar refractivity (Wildman–Crippen MR) is 74.7 cm³/mol. The first-order valence-electron chi connectivity index (χ1n) is 6.93. The summed E-state index contributed by atoms with van der Waals surface area (Å²) >= 11 is 0. The molecule has 0 saturated carbocycles. The second kappa shape index (κ2) is 6.09. The molecule has 0 aliphatic carbocycles. The number of hydrogen-bond acceptors (Lipinski definition) is 3. The Morgan fingerprint density at radius 1 is 1.40 bits per heavy atom. The SMILES string of the molecule is CCN1CCN(C(=O)Cn2cccc2C(=O)O)CC1C. The van der Waals surface area contributed by atoms with Gasteiger partial charge in [-0.05, 0) is 25.6 Å². The summed E-state index contributed by atoms with van der Waals surface area (Å²) in [6.07, 6.45) is 1.63. The molecule has 1 N–H and O–H groups in total. The smallest absolute Gasteiger partial charge is 0.352 e. The molecule has 1 aliphatic heterocycles. The number of carbonyl (C=O) groups is 2. The van der Waals surface area contributed by atoms with Crippen LogP contribution < -0.4 is 0 Å². The van der Waals surface area contributed by atoms with Crippen LogP contribution in [0.15, 0.2) is 18.3 Å². The van der Waals surface area contributed by atoms with Gasteiger partial charge in [-0.1, -0.05) is 6.92 Å². The second-order valence-electron chi connectivity index (χ2n) is 5.14. The van der Waals surface area contributed by atoms with E-state index in [1.807, 2.05) is 4.90 Å². The molecule has 110 valence electrons. The number of piperazine rings is 1. The summed E-state index contributed by atoms with van der Waals surface area (Å²) in [5.74, 6) is -1.03. The largest absolute Gasteiger partial charge is 0.477 e. The van der Waals surface area contributed by atoms with E-state index in [4.69, 9.17) is 5.11 Å². The van der Waals surface area contributed by atoms with Crippen LogP contribution in [0.25, 0.3) is 0 Å². The van der Waals surface area contributed by atoms with Crippen LogP contribution >= 0.6 is 0 Å². The van der Waals surface area contributed by atoms with E-state index in [1.54, 1.807) is 12.3 Å². The zero-order valence-corrected chi connectivity index (χ0v) is 12.0. The van der Waals surface area contributed by atoms with Crippen LogP contribution in [-0.4, -0.2) is 63.6 Å². The lowest BCUT2D eigenvalue weighted by molar-refractivity contribution is -0.134. The summed E-state index contributed by atoms with van der Waals surface area (Å²) in [7, 11) is 0. The Bertz CT molecular complexity index is 498. The van der Waals surface area contributed by atoms with Crippen molar-refractivity contribution in [2.24, 2.45) is 0 Å². The quantitative estimate of drug-likeness (QED) is 0.883. The Hall–Kier alpha value is -1.82. The molecule has 1 aliphatic rings. The molecule has 20 heavy (non-hydrogen) atoms. The number of hydrogen-bond donors (Lipinski definition) is 1. The first-order chi connectivity index (χ1) is 9.52. The van der Waals surface area contributed by atoms with Gasteiger partial charge in [0.05, 0.1) is 0 Å². The minimum Gasteiger partial charge on any atom is -0.477 e. The summed E-state index contributed by atoms with van der Waals surface area (Å²) in [6.45, 7) is 7.60. The number of carboxylic acids is 1. The number of aromatic carboxylic acids is 1. The normalized spacial score (nSPS) is 20.1. The van der Waals surface area contributed by atoms with Crippen molar-refractivity contribution in [2.45, 2.75) is 26.4 Å². The van der Waals surface area contributed by atoms with Crippen molar-refractivity contribution < 1.29 is 14.7 Å². The highest BCUT2D eigenvalue weighted by atomic mass is 16.4. The van der Waals surface area contributed by atoms with E-state index in [2.05, 4.69) is 18.7 Å². The molecule has 1 saturated heterocycles. The number of amides is 1. The van der Waals surface area contributed by atoms with E-state index in [0.29, 0.717) is 19.1 Å². The maximum Gasteiger partial charge on any atom is 0.352 e. The van der Waals surface area contributed by atoms with Crippen LogP contribution in [0.3, 0.4) is 0 Å². The second-order valence-corrected chi connectivity index (χ2v) is 5.14. The van der Waals surface area contributed by atoms with Gasteiger partial charge in [-0.15, -0.1) is 0 Å². The van der Waals surface area contributed by atoms with Crippen molar-refractivity contribution in [3.8, 4) is 0 Å². The van der Waals surface area contributed by atoms with E-state index in [0.717, 1.165) is 13.1 Å². The first kappa shape index (κ1) is 14.6. The number of likely N-dealkylation sites (N-methyl/N-ethyl adjacent to an activating group) is 1. The molecule has 6 nitrogen and oxygen atoms in total. The third-order valence-corrected chi connectivity index (χ3v) is 3.88. The lowest BCUT2D eigenvalue weighted by Gasteiger charge is -2.39. The fourth-order valence-corrected chi connectivity index (χ4v) is 2.68. The minimum atomic E-state index is -1.01. The molecule has 1 fully saturated rings. The number of aromatic nitrogens is 1. The summed E-state index contributed by atoms with van der Waals surface area (Å²) < 4.78 is 1.49. The van der Waals surface area contributed by atoms with E-state index in [-0.39, 0.29) is 18.1 Å². The van der Waals surface area contributed by atoms with Crippen molar-refractivity contribution in [1.29, 1.82) is 0 Å². The Kier molecular flexibility index (Phi) is 4.44. The number of carboxylic acid groups (broad SMARTS) is 1. The van der Waals surface area contributed by atoms with Crippen LogP contribution in [-0.2, 0) is 11.3 Å². The van der Waals surface area contributed by atoms with Gasteiger partial charge in [0.15, 0.2) is 0 Å². The van der Waals surface area contributed by atoms with Gasteiger partial charge in [-0.3, -0.25) is 9.69 Å². The molecule has 2 rings (SSSR count). The van der Waals surface area contributed by atoms with Gasteiger partial charge < -0.3 is 14.6 Å². The Balaban J connectivity index is 1.99. The van der Waals surface area contributed by atoms with E-state index in [1.165, 1.54) is 10.6 Å². The summed E-state index contributed by atoms with van der Waals surface area (Å²) in [5, 5.41) is 9.03. The third kappa shape index (κ3) is 3.01. The van der Waals surface area contributed by atoms with Crippen molar-refractivity contribution in [2.75, 3.05) is 26.2 Å². The van der Waals surface area contributed by atoms with Gasteiger partial charge in [-0.2, -0.15) is 0 Å². The van der Waals surface area contributed by atoms with Gasteiger partial charge in [0.1, 0.15) is 12.2 Å². The van der Waals surface area contributed by atoms with Crippen LogP contribution in [0.5, 0.6) is 0 Å². The number of carbonyl (C=O) groups excluding carboxylic acids is 1. The molecular weight excluding hydrogens is 258 g/mol. The Morgan fingerprint density at radius 2 is 2.15 bits per heavy atom. The summed E-state index contributed by atoms with van der Waals surface area (Å²) in [5.41, 5.74) is 0.151. The lowest BCUT2D eigenvalue weighted by Crippen LogP contribution is -2.54. The molecule has 0 spiro atoms. The highest BCUT2D eigenvalue weighted by Gasteiger charge is 2.26. The molecule has 1 unspecified atom stereocenters. The molecule has 1 atom stereocenters. The van der Waals surface area contributed by atoms with Crippen LogP contribution in [0, 0.1) is 0 Å². The van der Waals surface area contributed by atoms with Crippen molar-refractivity contribution >= 4 is 11.9 Å². The number of rotatable bonds is 4. The van der Waals surface area contributed by atoms with Gasteiger partial charge >= 0.3 is 5.97 Å². The lowest BCUT2D eigenvalue weighted by atomic mass is 10.2. The average molecular weight is 279 g/mol. The molecule has 6 heteroatoms. The van der Waals surface area contributed by atoms with E-state index < -0.39 is 5.97 Å².